The number of rotatable bonds is 6. The van der Waals surface area contributed by atoms with E-state index in [4.69, 9.17) is 0 Å². The molecular weight excluding hydrogens is 376 g/mol. The number of nitrogens with zero attached hydrogens (tertiary/aromatic N) is 1. The first-order valence-corrected chi connectivity index (χ1v) is 10.9. The van der Waals surface area contributed by atoms with Crippen LogP contribution in [0.15, 0.2) is 30.3 Å². The zero-order valence-electron chi connectivity index (χ0n) is 14.9. The number of carbonyl (C=O) groups excluding carboxylic acids is 1. The first-order chi connectivity index (χ1) is 12.8. The summed E-state index contributed by atoms with van der Waals surface area (Å²) in [4.78, 5) is 14.6. The lowest BCUT2D eigenvalue weighted by atomic mass is 10.1. The van der Waals surface area contributed by atoms with Crippen LogP contribution in [0.2, 0.25) is 0 Å². The number of ether oxygens (including phenoxy) is 1. The molecule has 0 radical (unpaired) electrons. The van der Waals surface area contributed by atoms with E-state index in [1.54, 1.807) is 23.1 Å². The van der Waals surface area contributed by atoms with E-state index in [-0.39, 0.29) is 35.2 Å². The van der Waals surface area contributed by atoms with Crippen molar-refractivity contribution < 1.29 is 26.7 Å². The van der Waals surface area contributed by atoms with Crippen molar-refractivity contribution in [3.05, 3.63) is 35.9 Å². The first-order valence-electron chi connectivity index (χ1n) is 9.10. The molecule has 1 saturated heterocycles. The second-order valence-corrected chi connectivity index (χ2v) is 9.25. The molecule has 0 N–H and O–H groups in total. The lowest BCUT2D eigenvalue weighted by molar-refractivity contribution is -0.130. The van der Waals surface area contributed by atoms with Gasteiger partial charge in [0.2, 0.25) is 5.91 Å². The number of hydrogen-bond donors (Lipinski definition) is 0. The number of benzene rings is 1. The number of alkyl halides is 2. The highest BCUT2D eigenvalue weighted by molar-refractivity contribution is 7.91. The highest BCUT2D eigenvalue weighted by Crippen LogP contribution is 2.29. The number of hydrogen-bond acceptors (Lipinski definition) is 4. The summed E-state index contributed by atoms with van der Waals surface area (Å²) in [6, 6.07) is 5.81. The molecule has 2 aliphatic rings. The van der Waals surface area contributed by atoms with Crippen molar-refractivity contribution in [3.8, 4) is 5.75 Å². The predicted octanol–water partition coefficient (Wildman–Crippen LogP) is 3.26. The molecule has 27 heavy (non-hydrogen) atoms. The molecule has 1 atom stereocenters. The minimum atomic E-state index is -3.08. The summed E-state index contributed by atoms with van der Waals surface area (Å²) in [7, 11) is -3.08. The van der Waals surface area contributed by atoms with Gasteiger partial charge >= 0.3 is 6.61 Å². The predicted molar refractivity (Wildman–Crippen MR) is 98.3 cm³/mol. The maximum absolute atomic E-state index is 12.8. The third-order valence-corrected chi connectivity index (χ3v) is 6.85. The molecule has 0 spiro atoms. The fourth-order valence-corrected chi connectivity index (χ4v) is 5.56. The van der Waals surface area contributed by atoms with Crippen LogP contribution in [-0.4, -0.2) is 49.4 Å². The van der Waals surface area contributed by atoms with Crippen LogP contribution >= 0.6 is 0 Å². The minimum Gasteiger partial charge on any atom is -0.435 e. The Balaban J connectivity index is 1.71. The Morgan fingerprint density at radius 3 is 2.33 bits per heavy atom. The van der Waals surface area contributed by atoms with Crippen molar-refractivity contribution in [3.63, 3.8) is 0 Å². The standard InChI is InChI=1S/C19H23F2NO4S/c20-19(21)26-17-8-5-14(6-9-17)7-10-18(23)22(15-3-1-2-4-15)16-11-12-27(24,25)13-16/h5-10,15-16,19H,1-4,11-13H2/b10-7+. The average Bonchev–Trinajstić information content (AvgIpc) is 3.24. The Kier molecular flexibility index (Phi) is 6.14. The van der Waals surface area contributed by atoms with E-state index in [9.17, 15) is 22.0 Å². The first kappa shape index (κ1) is 19.8. The lowest BCUT2D eigenvalue weighted by Gasteiger charge is -2.33. The van der Waals surface area contributed by atoms with Crippen LogP contribution in [0.25, 0.3) is 6.08 Å². The fourth-order valence-electron chi connectivity index (χ4n) is 3.85. The number of carbonyl (C=O) groups is 1. The van der Waals surface area contributed by atoms with E-state index in [0.717, 1.165) is 25.7 Å². The van der Waals surface area contributed by atoms with Gasteiger partial charge in [-0.15, -0.1) is 0 Å². The van der Waals surface area contributed by atoms with Gasteiger partial charge in [0.25, 0.3) is 0 Å². The molecule has 8 heteroatoms. The van der Waals surface area contributed by atoms with Crippen molar-refractivity contribution >= 4 is 21.8 Å². The normalized spacial score (nSPS) is 22.6. The zero-order valence-corrected chi connectivity index (χ0v) is 15.7. The molecule has 1 aromatic rings. The van der Waals surface area contributed by atoms with Gasteiger partial charge in [-0.2, -0.15) is 8.78 Å². The van der Waals surface area contributed by atoms with E-state index in [1.165, 1.54) is 18.2 Å². The molecule has 1 aromatic carbocycles. The Labute approximate surface area is 157 Å². The van der Waals surface area contributed by atoms with Gasteiger partial charge in [0, 0.05) is 18.2 Å². The van der Waals surface area contributed by atoms with Crippen molar-refractivity contribution in [2.24, 2.45) is 0 Å². The number of amides is 1. The Morgan fingerprint density at radius 2 is 1.78 bits per heavy atom. The molecule has 1 aliphatic heterocycles. The van der Waals surface area contributed by atoms with Crippen LogP contribution < -0.4 is 4.74 Å². The van der Waals surface area contributed by atoms with Crippen molar-refractivity contribution in [2.75, 3.05) is 11.5 Å². The molecule has 0 bridgehead atoms. The summed E-state index contributed by atoms with van der Waals surface area (Å²) >= 11 is 0. The monoisotopic (exact) mass is 399 g/mol. The van der Waals surface area contributed by atoms with Gasteiger partial charge in [0.1, 0.15) is 5.75 Å². The zero-order chi connectivity index (χ0) is 19.4. The largest absolute Gasteiger partial charge is 0.435 e. The molecule has 1 saturated carbocycles. The maximum Gasteiger partial charge on any atom is 0.387 e. The van der Waals surface area contributed by atoms with Crippen LogP contribution in [0.5, 0.6) is 5.75 Å². The van der Waals surface area contributed by atoms with Gasteiger partial charge in [0.05, 0.1) is 11.5 Å². The molecule has 2 fully saturated rings. The van der Waals surface area contributed by atoms with Gasteiger partial charge < -0.3 is 9.64 Å². The molecule has 1 unspecified atom stereocenters. The van der Waals surface area contributed by atoms with Crippen molar-refractivity contribution in [1.29, 1.82) is 0 Å². The van der Waals surface area contributed by atoms with Gasteiger partial charge in [-0.3, -0.25) is 4.79 Å². The maximum atomic E-state index is 12.8. The molecule has 1 amide bonds. The topological polar surface area (TPSA) is 63.7 Å². The van der Waals surface area contributed by atoms with E-state index in [0.29, 0.717) is 12.0 Å². The molecular formula is C19H23F2NO4S. The summed E-state index contributed by atoms with van der Waals surface area (Å²) in [6.07, 6.45) is 7.42. The van der Waals surface area contributed by atoms with E-state index in [2.05, 4.69) is 4.74 Å². The second kappa shape index (κ2) is 8.37. The summed E-state index contributed by atoms with van der Waals surface area (Å²) in [5, 5.41) is 0. The van der Waals surface area contributed by atoms with Crippen LogP contribution in [0.1, 0.15) is 37.7 Å². The van der Waals surface area contributed by atoms with Gasteiger partial charge in [-0.1, -0.05) is 25.0 Å². The van der Waals surface area contributed by atoms with Gasteiger partial charge in [0.15, 0.2) is 9.84 Å². The molecule has 1 heterocycles. The fraction of sp³-hybridized carbons (Fsp3) is 0.526. The molecule has 5 nitrogen and oxygen atoms in total. The van der Waals surface area contributed by atoms with E-state index >= 15 is 0 Å². The number of sulfone groups is 1. The molecule has 3 rings (SSSR count). The summed E-state index contributed by atoms with van der Waals surface area (Å²) in [6.45, 7) is -2.88. The van der Waals surface area contributed by atoms with E-state index in [1.807, 2.05) is 0 Å². The molecule has 0 aromatic heterocycles. The Bertz CT molecular complexity index is 786. The van der Waals surface area contributed by atoms with Crippen LogP contribution in [0, 0.1) is 0 Å². The van der Waals surface area contributed by atoms with Gasteiger partial charge in [-0.05, 0) is 43.0 Å². The quantitative estimate of drug-likeness (QED) is 0.689. The minimum absolute atomic E-state index is 0.0305. The summed E-state index contributed by atoms with van der Waals surface area (Å²) in [5.41, 5.74) is 0.676. The molecule has 1 aliphatic carbocycles. The SMILES string of the molecule is O=C(/C=C/c1ccc(OC(F)F)cc1)N(C1CCCC1)C1CCS(=O)(=O)C1. The van der Waals surface area contributed by atoms with Crippen LogP contribution in [0.4, 0.5) is 8.78 Å². The third-order valence-electron chi connectivity index (χ3n) is 5.10. The second-order valence-electron chi connectivity index (χ2n) is 7.02. The van der Waals surface area contributed by atoms with Gasteiger partial charge in [-0.25, -0.2) is 8.42 Å². The molecule has 148 valence electrons. The Morgan fingerprint density at radius 1 is 1.11 bits per heavy atom. The van der Waals surface area contributed by atoms with E-state index < -0.39 is 16.4 Å². The van der Waals surface area contributed by atoms with Crippen molar-refractivity contribution in [1.82, 2.24) is 4.90 Å². The number of halogens is 2. The Hall–Kier alpha value is -1.96. The average molecular weight is 399 g/mol. The summed E-state index contributed by atoms with van der Waals surface area (Å²) in [5.74, 6) is 0.0146. The lowest BCUT2D eigenvalue weighted by Crippen LogP contribution is -2.46. The third kappa shape index (κ3) is 5.28. The van der Waals surface area contributed by atoms with Crippen LogP contribution in [-0.2, 0) is 14.6 Å². The van der Waals surface area contributed by atoms with Crippen LogP contribution in [0.3, 0.4) is 0 Å². The highest BCUT2D eigenvalue weighted by atomic mass is 32.2. The highest BCUT2D eigenvalue weighted by Gasteiger charge is 2.38. The smallest absolute Gasteiger partial charge is 0.387 e. The summed E-state index contributed by atoms with van der Waals surface area (Å²) < 4.78 is 52.4. The van der Waals surface area contributed by atoms with Crippen molar-refractivity contribution in [2.45, 2.75) is 50.8 Å².